The average molecular weight is 633 g/mol. The zero-order chi connectivity index (χ0) is 30.4. The predicted molar refractivity (Wildman–Crippen MR) is 165 cm³/mol. The van der Waals surface area contributed by atoms with E-state index in [1.165, 1.54) is 4.31 Å². The van der Waals surface area contributed by atoms with Crippen LogP contribution in [0.1, 0.15) is 40.7 Å². The predicted octanol–water partition coefficient (Wildman–Crippen LogP) is 5.15. The van der Waals surface area contributed by atoms with Gasteiger partial charge in [-0.15, -0.1) is 0 Å². The number of aliphatic imine (C=N–C) groups is 1. The summed E-state index contributed by atoms with van der Waals surface area (Å²) in [5.74, 6) is -1.93. The number of guanidine groups is 1. The Balaban J connectivity index is 1.48. The lowest BCUT2D eigenvalue weighted by Crippen LogP contribution is -2.37. The number of anilines is 2. The molecule has 0 spiro atoms. The highest BCUT2D eigenvalue weighted by molar-refractivity contribution is 7.89. The number of carbonyl (C=O) groups is 2. The number of benzene rings is 3. The minimum Gasteiger partial charge on any atom is -0.480 e. The molecule has 0 bridgehead atoms. The van der Waals surface area contributed by atoms with E-state index in [1.807, 2.05) is 0 Å². The van der Waals surface area contributed by atoms with Crippen molar-refractivity contribution in [2.75, 3.05) is 23.7 Å². The Bertz CT molecular complexity index is 1590. The number of aryl methyl sites for hydroxylation is 1. The van der Waals surface area contributed by atoms with Gasteiger partial charge in [0.25, 0.3) is 5.91 Å². The number of nitrogens with two attached hydrogens (primary N) is 1. The molecule has 0 saturated carbocycles. The van der Waals surface area contributed by atoms with E-state index < -0.39 is 27.9 Å². The number of carbonyl (C=O) groups excluding carboxylic acids is 1. The molecule has 3 aromatic carbocycles. The molecule has 0 unspecified atom stereocenters. The lowest BCUT2D eigenvalue weighted by Gasteiger charge is -2.27. The van der Waals surface area contributed by atoms with Crippen LogP contribution in [0.4, 0.5) is 11.4 Å². The number of rotatable bonds is 9. The van der Waals surface area contributed by atoms with E-state index in [0.717, 1.165) is 19.3 Å². The van der Waals surface area contributed by atoms with Gasteiger partial charge in [-0.3, -0.25) is 4.79 Å². The molecule has 10 nitrogen and oxygen atoms in total. The number of hydrogen-bond donors (Lipinski definition) is 4. The number of aliphatic carboxylic acids is 1. The highest BCUT2D eigenvalue weighted by atomic mass is 35.5. The maximum atomic E-state index is 13.5. The summed E-state index contributed by atoms with van der Waals surface area (Å²) in [6.07, 6.45) is 2.56. The molecule has 0 radical (unpaired) electrons. The number of carboxylic acid groups (broad SMARTS) is 1. The Morgan fingerprint density at radius 1 is 0.976 bits per heavy atom. The average Bonchev–Trinajstić information content (AvgIpc) is 2.94. The Hall–Kier alpha value is -3.64. The number of amides is 1. The molecule has 42 heavy (non-hydrogen) atoms. The highest BCUT2D eigenvalue weighted by Gasteiger charge is 2.30. The van der Waals surface area contributed by atoms with E-state index >= 15 is 0 Å². The fraction of sp³-hybridized carbons (Fsp3) is 0.276. The van der Waals surface area contributed by atoms with Crippen LogP contribution in [0, 0.1) is 6.92 Å². The van der Waals surface area contributed by atoms with Crippen LogP contribution >= 0.6 is 23.2 Å². The number of hydrogen-bond acceptors (Lipinski definition) is 5. The zero-order valence-electron chi connectivity index (χ0n) is 22.8. The molecule has 4 rings (SSSR count). The van der Waals surface area contributed by atoms with E-state index in [9.17, 15) is 23.1 Å². The second kappa shape index (κ2) is 13.6. The summed E-state index contributed by atoms with van der Waals surface area (Å²) in [4.78, 5) is 28.9. The van der Waals surface area contributed by atoms with Gasteiger partial charge in [0.15, 0.2) is 12.0 Å². The van der Waals surface area contributed by atoms with Crippen molar-refractivity contribution in [3.63, 3.8) is 0 Å². The van der Waals surface area contributed by atoms with Gasteiger partial charge in [0.2, 0.25) is 10.0 Å². The summed E-state index contributed by atoms with van der Waals surface area (Å²) >= 11 is 12.2. The van der Waals surface area contributed by atoms with E-state index in [2.05, 4.69) is 15.6 Å². The fourth-order valence-corrected chi connectivity index (χ4v) is 7.15. The molecule has 1 aliphatic rings. The van der Waals surface area contributed by atoms with Crippen molar-refractivity contribution in [3.8, 4) is 0 Å². The Morgan fingerprint density at radius 2 is 1.60 bits per heavy atom. The largest absolute Gasteiger partial charge is 0.480 e. The number of nitrogens with one attached hydrogen (secondary N) is 2. The molecule has 1 atom stereocenters. The van der Waals surface area contributed by atoms with Crippen LogP contribution in [0.5, 0.6) is 0 Å². The second-order valence-electron chi connectivity index (χ2n) is 9.86. The monoisotopic (exact) mass is 631 g/mol. The first-order valence-electron chi connectivity index (χ1n) is 13.2. The first-order chi connectivity index (χ1) is 20.0. The van der Waals surface area contributed by atoms with Gasteiger partial charge >= 0.3 is 5.97 Å². The van der Waals surface area contributed by atoms with Crippen molar-refractivity contribution in [2.45, 2.75) is 43.5 Å². The van der Waals surface area contributed by atoms with Gasteiger partial charge in [-0.25, -0.2) is 18.2 Å². The maximum Gasteiger partial charge on any atom is 0.328 e. The van der Waals surface area contributed by atoms with Crippen molar-refractivity contribution in [3.05, 3.63) is 87.4 Å². The summed E-state index contributed by atoms with van der Waals surface area (Å²) in [5.41, 5.74) is 8.09. The molecule has 1 saturated heterocycles. The quantitative estimate of drug-likeness (QED) is 0.188. The maximum absolute atomic E-state index is 13.5. The van der Waals surface area contributed by atoms with Gasteiger partial charge in [-0.2, -0.15) is 4.31 Å². The Kier molecular flexibility index (Phi) is 10.1. The van der Waals surface area contributed by atoms with Crippen LogP contribution in [0.3, 0.4) is 0 Å². The Morgan fingerprint density at radius 3 is 2.21 bits per heavy atom. The minimum atomic E-state index is -3.80. The van der Waals surface area contributed by atoms with Crippen LogP contribution in [0.25, 0.3) is 0 Å². The summed E-state index contributed by atoms with van der Waals surface area (Å²) in [5, 5.41) is 15.8. The van der Waals surface area contributed by atoms with Crippen LogP contribution in [-0.2, 0) is 21.2 Å². The lowest BCUT2D eigenvalue weighted by atomic mass is 10.1. The van der Waals surface area contributed by atoms with Crippen LogP contribution in [-0.4, -0.2) is 54.8 Å². The number of piperidine rings is 1. The summed E-state index contributed by atoms with van der Waals surface area (Å²) < 4.78 is 28.4. The zero-order valence-corrected chi connectivity index (χ0v) is 25.1. The lowest BCUT2D eigenvalue weighted by molar-refractivity contribution is -0.138. The topological polar surface area (TPSA) is 154 Å². The molecule has 1 amide bonds. The standard InChI is InChI=1S/C29H31Cl2N5O5S/c1-18-7-5-10-23(26(18)42(40,41)36-15-3-2-4-16-36)34-29(32)35-24(28(38)39)17-19-11-13-20(14-12-19)33-27(37)25-21(30)8-6-9-22(25)31/h5-14,24H,2-4,15-17H2,1H3,(H,33,37)(H,38,39)(H3,32,34,35)/t24-/m0/s1. The van der Waals surface area contributed by atoms with Crippen molar-refractivity contribution < 1.29 is 23.1 Å². The SMILES string of the molecule is Cc1cccc(NC(N)=N[C@@H](Cc2ccc(NC(=O)c3c(Cl)cccc3Cl)cc2)C(=O)O)c1S(=O)(=O)N1CCCCC1. The normalized spacial score (nSPS) is 15.2. The van der Waals surface area contributed by atoms with Gasteiger partial charge in [-0.05, 0) is 61.2 Å². The molecule has 0 aromatic heterocycles. The molecule has 222 valence electrons. The van der Waals surface area contributed by atoms with Crippen LogP contribution in [0.15, 0.2) is 70.6 Å². The molecule has 1 aliphatic heterocycles. The van der Waals surface area contributed by atoms with Crippen molar-refractivity contribution in [1.82, 2.24) is 4.31 Å². The van der Waals surface area contributed by atoms with E-state index in [4.69, 9.17) is 28.9 Å². The molecule has 1 fully saturated rings. The number of sulfonamides is 1. The number of carboxylic acids is 1. The molecular weight excluding hydrogens is 601 g/mol. The summed E-state index contributed by atoms with van der Waals surface area (Å²) in [6, 6.07) is 15.0. The second-order valence-corrected chi connectivity index (χ2v) is 12.6. The summed E-state index contributed by atoms with van der Waals surface area (Å²) in [7, 11) is -3.80. The first-order valence-corrected chi connectivity index (χ1v) is 15.4. The third kappa shape index (κ3) is 7.40. The molecular formula is C29H31Cl2N5O5S. The molecule has 13 heteroatoms. The van der Waals surface area contributed by atoms with Gasteiger partial charge in [0.1, 0.15) is 4.90 Å². The summed E-state index contributed by atoms with van der Waals surface area (Å²) in [6.45, 7) is 2.58. The van der Waals surface area contributed by atoms with E-state index in [-0.39, 0.29) is 38.6 Å². The third-order valence-electron chi connectivity index (χ3n) is 6.80. The van der Waals surface area contributed by atoms with E-state index in [1.54, 1.807) is 67.6 Å². The van der Waals surface area contributed by atoms with Crippen molar-refractivity contribution in [2.24, 2.45) is 10.7 Å². The van der Waals surface area contributed by atoms with Crippen molar-refractivity contribution in [1.29, 1.82) is 0 Å². The minimum absolute atomic E-state index is 0.00493. The number of nitrogens with zero attached hydrogens (tertiary/aromatic N) is 2. The molecule has 5 N–H and O–H groups in total. The van der Waals surface area contributed by atoms with Crippen molar-refractivity contribution >= 4 is 62.4 Å². The number of halogens is 2. The van der Waals surface area contributed by atoms with Crippen LogP contribution < -0.4 is 16.4 Å². The van der Waals surface area contributed by atoms with Crippen LogP contribution in [0.2, 0.25) is 10.0 Å². The third-order valence-corrected chi connectivity index (χ3v) is 9.53. The first kappa shape index (κ1) is 31.3. The smallest absolute Gasteiger partial charge is 0.328 e. The van der Waals surface area contributed by atoms with Gasteiger partial charge in [-0.1, -0.05) is 60.0 Å². The molecule has 0 aliphatic carbocycles. The van der Waals surface area contributed by atoms with Gasteiger partial charge < -0.3 is 21.5 Å². The van der Waals surface area contributed by atoms with Gasteiger partial charge in [0, 0.05) is 25.2 Å². The fourth-order valence-electron chi connectivity index (χ4n) is 4.71. The highest BCUT2D eigenvalue weighted by Crippen LogP contribution is 2.30. The Labute approximate surface area is 254 Å². The van der Waals surface area contributed by atoms with Gasteiger partial charge in [0.05, 0.1) is 21.3 Å². The molecule has 3 aromatic rings. The van der Waals surface area contributed by atoms with E-state index in [0.29, 0.717) is 29.9 Å². The molecule has 1 heterocycles.